The Morgan fingerprint density at radius 1 is 1.16 bits per heavy atom. The number of pyridine rings is 1. The van der Waals surface area contributed by atoms with Gasteiger partial charge in [0.15, 0.2) is 0 Å². The second-order valence-corrected chi connectivity index (χ2v) is 8.50. The Balaban J connectivity index is 0.00000245. The van der Waals surface area contributed by atoms with Crippen LogP contribution in [0.2, 0.25) is 0 Å². The number of carbonyl (C=O) groups excluding carboxylic acids is 1. The van der Waals surface area contributed by atoms with Crippen molar-refractivity contribution < 1.29 is 18.0 Å². The van der Waals surface area contributed by atoms with Gasteiger partial charge in [-0.1, -0.05) is 0 Å². The third-order valence-corrected chi connectivity index (χ3v) is 6.38. The number of alkyl halides is 3. The Morgan fingerprint density at radius 2 is 1.88 bits per heavy atom. The van der Waals surface area contributed by atoms with E-state index in [9.17, 15) is 18.0 Å². The van der Waals surface area contributed by atoms with Crippen LogP contribution in [0, 0.1) is 12.8 Å². The molecule has 3 aliphatic heterocycles. The Labute approximate surface area is 189 Å². The van der Waals surface area contributed by atoms with Crippen molar-refractivity contribution in [2.45, 2.75) is 45.6 Å². The van der Waals surface area contributed by atoms with Gasteiger partial charge in [-0.2, -0.15) is 13.2 Å². The number of aromatic nitrogens is 3. The molecule has 0 radical (unpaired) electrons. The standard InChI is InChI=1S/C21H23F3N6O.ClH/c1-12-15-2-3-25-7-16(15)17-10-29(11-18(17)28-12)19(31)4-13-8-30(9-13)20-26-5-14(6-27-20)21(22,23)24;/h5-6,13,25H,2-4,7-11H2,1H3;1H. The summed E-state index contributed by atoms with van der Waals surface area (Å²) in [6, 6.07) is 0. The zero-order valence-electron chi connectivity index (χ0n) is 17.6. The van der Waals surface area contributed by atoms with E-state index in [-0.39, 0.29) is 30.2 Å². The lowest BCUT2D eigenvalue weighted by Gasteiger charge is -2.39. The molecule has 2 aromatic heterocycles. The van der Waals surface area contributed by atoms with Crippen molar-refractivity contribution in [3.05, 3.63) is 46.0 Å². The summed E-state index contributed by atoms with van der Waals surface area (Å²) >= 11 is 0. The van der Waals surface area contributed by atoms with Crippen molar-refractivity contribution in [1.29, 1.82) is 0 Å². The van der Waals surface area contributed by atoms with Gasteiger partial charge in [0.25, 0.3) is 0 Å². The van der Waals surface area contributed by atoms with E-state index < -0.39 is 11.7 Å². The van der Waals surface area contributed by atoms with Crippen LogP contribution in [0.15, 0.2) is 12.4 Å². The lowest BCUT2D eigenvalue weighted by Crippen LogP contribution is -2.49. The van der Waals surface area contributed by atoms with Gasteiger partial charge in [-0.05, 0) is 36.6 Å². The Kier molecular flexibility index (Phi) is 6.02. The molecule has 1 N–H and O–H groups in total. The fourth-order valence-corrected chi connectivity index (χ4v) is 4.67. The van der Waals surface area contributed by atoms with E-state index in [0.29, 0.717) is 32.6 Å². The molecule has 1 fully saturated rings. The summed E-state index contributed by atoms with van der Waals surface area (Å²) < 4.78 is 37.9. The third kappa shape index (κ3) is 4.13. The van der Waals surface area contributed by atoms with Gasteiger partial charge in [-0.25, -0.2) is 9.97 Å². The first-order valence-electron chi connectivity index (χ1n) is 10.4. The van der Waals surface area contributed by atoms with E-state index >= 15 is 0 Å². The van der Waals surface area contributed by atoms with Crippen LogP contribution in [0.3, 0.4) is 0 Å². The molecule has 0 aliphatic carbocycles. The highest BCUT2D eigenvalue weighted by atomic mass is 35.5. The van der Waals surface area contributed by atoms with E-state index in [2.05, 4.69) is 15.3 Å². The zero-order chi connectivity index (χ0) is 21.8. The first-order chi connectivity index (χ1) is 14.8. The van der Waals surface area contributed by atoms with E-state index in [1.807, 2.05) is 11.8 Å². The van der Waals surface area contributed by atoms with Crippen LogP contribution >= 0.6 is 12.4 Å². The minimum Gasteiger partial charge on any atom is -0.340 e. The fraction of sp³-hybridized carbons (Fsp3) is 0.524. The highest BCUT2D eigenvalue weighted by molar-refractivity contribution is 5.85. The number of halogens is 4. The lowest BCUT2D eigenvalue weighted by atomic mass is 9.94. The molecule has 7 nitrogen and oxygen atoms in total. The molecule has 0 bridgehead atoms. The molecule has 11 heteroatoms. The molecule has 5 rings (SSSR count). The van der Waals surface area contributed by atoms with Crippen molar-refractivity contribution in [3.63, 3.8) is 0 Å². The summed E-state index contributed by atoms with van der Waals surface area (Å²) in [5.74, 6) is 0.502. The second-order valence-electron chi connectivity index (χ2n) is 8.50. The van der Waals surface area contributed by atoms with Gasteiger partial charge in [0.05, 0.1) is 17.8 Å². The number of amides is 1. The van der Waals surface area contributed by atoms with Crippen molar-refractivity contribution in [2.24, 2.45) is 5.92 Å². The number of fused-ring (bicyclic) bond motifs is 3. The number of hydrogen-bond acceptors (Lipinski definition) is 6. The molecule has 1 amide bonds. The number of nitrogens with one attached hydrogen (secondary N) is 1. The van der Waals surface area contributed by atoms with E-state index in [0.717, 1.165) is 43.3 Å². The average Bonchev–Trinajstić information content (AvgIpc) is 3.14. The summed E-state index contributed by atoms with van der Waals surface area (Å²) in [5.41, 5.74) is 5.02. The molecule has 1 saturated heterocycles. The topological polar surface area (TPSA) is 74.2 Å². The molecule has 3 aliphatic rings. The largest absolute Gasteiger partial charge is 0.419 e. The van der Waals surface area contributed by atoms with E-state index in [1.54, 1.807) is 4.90 Å². The van der Waals surface area contributed by atoms with Crippen molar-refractivity contribution in [1.82, 2.24) is 25.2 Å². The highest BCUT2D eigenvalue weighted by Gasteiger charge is 2.36. The third-order valence-electron chi connectivity index (χ3n) is 6.38. The number of aryl methyl sites for hydroxylation is 1. The molecular weight excluding hydrogens is 445 g/mol. The Morgan fingerprint density at radius 3 is 2.56 bits per heavy atom. The van der Waals surface area contributed by atoms with Crippen LogP contribution in [-0.4, -0.2) is 45.4 Å². The maximum atomic E-state index is 12.9. The molecule has 0 atom stereocenters. The predicted octanol–water partition coefficient (Wildman–Crippen LogP) is 2.64. The van der Waals surface area contributed by atoms with Crippen molar-refractivity contribution in [2.75, 3.05) is 24.5 Å². The van der Waals surface area contributed by atoms with Crippen molar-refractivity contribution >= 4 is 24.3 Å². The average molecular weight is 469 g/mol. The van der Waals surface area contributed by atoms with Gasteiger partial charge in [-0.3, -0.25) is 9.78 Å². The SMILES string of the molecule is Cc1nc2c(c3c1CCNC3)CN(C(=O)CC1CN(c3ncc(C(F)(F)F)cn3)C1)C2.Cl. The first kappa shape index (κ1) is 22.7. The molecule has 0 unspecified atom stereocenters. The Bertz CT molecular complexity index is 1020. The number of carbonyl (C=O) groups is 1. The number of rotatable bonds is 3. The van der Waals surface area contributed by atoms with Gasteiger partial charge < -0.3 is 15.1 Å². The predicted molar refractivity (Wildman–Crippen MR) is 113 cm³/mol. The molecule has 0 saturated carbocycles. The summed E-state index contributed by atoms with van der Waals surface area (Å²) in [4.78, 5) is 28.9. The molecule has 32 heavy (non-hydrogen) atoms. The van der Waals surface area contributed by atoms with Gasteiger partial charge >= 0.3 is 6.18 Å². The summed E-state index contributed by atoms with van der Waals surface area (Å²) in [6.07, 6.45) is -1.47. The second kappa shape index (κ2) is 8.47. The Hall–Kier alpha value is -2.46. The number of hydrogen-bond donors (Lipinski definition) is 1. The molecular formula is C21H24ClF3N6O. The number of nitrogens with zero attached hydrogens (tertiary/aromatic N) is 5. The highest BCUT2D eigenvalue weighted by Crippen LogP contribution is 2.33. The van der Waals surface area contributed by atoms with Crippen molar-refractivity contribution in [3.8, 4) is 0 Å². The maximum Gasteiger partial charge on any atom is 0.419 e. The molecule has 172 valence electrons. The quantitative estimate of drug-likeness (QED) is 0.746. The fourth-order valence-electron chi connectivity index (χ4n) is 4.67. The van der Waals surface area contributed by atoms with Gasteiger partial charge in [0.2, 0.25) is 11.9 Å². The zero-order valence-corrected chi connectivity index (χ0v) is 18.4. The van der Waals surface area contributed by atoms with E-state index in [4.69, 9.17) is 4.98 Å². The smallest absolute Gasteiger partial charge is 0.340 e. The number of anilines is 1. The summed E-state index contributed by atoms with van der Waals surface area (Å²) in [6.45, 7) is 6.10. The van der Waals surface area contributed by atoms with Crippen LogP contribution < -0.4 is 10.2 Å². The molecule has 0 aromatic carbocycles. The normalized spacial score (nSPS) is 18.0. The molecule has 2 aromatic rings. The molecule has 5 heterocycles. The van der Waals surface area contributed by atoms with Gasteiger partial charge in [0, 0.05) is 56.6 Å². The lowest BCUT2D eigenvalue weighted by molar-refractivity contribution is -0.138. The minimum atomic E-state index is -4.45. The maximum absolute atomic E-state index is 12.9. The summed E-state index contributed by atoms with van der Waals surface area (Å²) in [7, 11) is 0. The van der Waals surface area contributed by atoms with Gasteiger partial charge in [0.1, 0.15) is 0 Å². The summed E-state index contributed by atoms with van der Waals surface area (Å²) in [5, 5.41) is 3.41. The minimum absolute atomic E-state index is 0. The van der Waals surface area contributed by atoms with Gasteiger partial charge in [-0.15, -0.1) is 12.4 Å². The van der Waals surface area contributed by atoms with Crippen LogP contribution in [-0.2, 0) is 37.0 Å². The van der Waals surface area contributed by atoms with E-state index in [1.165, 1.54) is 16.7 Å². The van der Waals surface area contributed by atoms with Crippen LogP contribution in [0.25, 0.3) is 0 Å². The van der Waals surface area contributed by atoms with Crippen LogP contribution in [0.1, 0.15) is 40.1 Å². The van der Waals surface area contributed by atoms with Crippen LogP contribution in [0.5, 0.6) is 0 Å². The monoisotopic (exact) mass is 468 g/mol. The molecule has 0 spiro atoms. The van der Waals surface area contributed by atoms with Crippen LogP contribution in [0.4, 0.5) is 19.1 Å². The first-order valence-corrected chi connectivity index (χ1v) is 10.4.